The Morgan fingerprint density at radius 2 is 2.10 bits per heavy atom. The summed E-state index contributed by atoms with van der Waals surface area (Å²) >= 11 is 0. The van der Waals surface area contributed by atoms with E-state index in [-0.39, 0.29) is 23.9 Å². The molecule has 2 unspecified atom stereocenters. The molecule has 0 spiro atoms. The van der Waals surface area contributed by atoms with Gasteiger partial charge in [-0.3, -0.25) is 4.79 Å². The standard InChI is InChI=1S/C14H26N2O4/c1-5-10-9-20-7-6-16(10)13(19)15-11(8-12(17)18)14(2,3)4/h10-11H,5-9H2,1-4H3,(H,15,19)(H,17,18). The van der Waals surface area contributed by atoms with E-state index in [9.17, 15) is 9.59 Å². The minimum Gasteiger partial charge on any atom is -0.481 e. The molecule has 1 aliphatic heterocycles. The Bertz CT molecular complexity index is 352. The van der Waals surface area contributed by atoms with E-state index < -0.39 is 12.0 Å². The van der Waals surface area contributed by atoms with Crippen molar-refractivity contribution >= 4 is 12.0 Å². The molecule has 1 fully saturated rings. The summed E-state index contributed by atoms with van der Waals surface area (Å²) in [5, 5.41) is 11.9. The second-order valence-electron chi connectivity index (χ2n) is 6.30. The van der Waals surface area contributed by atoms with Gasteiger partial charge in [0.2, 0.25) is 0 Å². The molecule has 0 aromatic rings. The molecule has 1 rings (SSSR count). The fraction of sp³-hybridized carbons (Fsp3) is 0.857. The lowest BCUT2D eigenvalue weighted by Crippen LogP contribution is -2.56. The number of carbonyl (C=O) groups is 2. The Balaban J connectivity index is 2.71. The van der Waals surface area contributed by atoms with Gasteiger partial charge >= 0.3 is 12.0 Å². The van der Waals surface area contributed by atoms with Crippen LogP contribution in [0.5, 0.6) is 0 Å². The number of ether oxygens (including phenoxy) is 1. The van der Waals surface area contributed by atoms with Crippen molar-refractivity contribution in [2.75, 3.05) is 19.8 Å². The van der Waals surface area contributed by atoms with Gasteiger partial charge in [0.25, 0.3) is 0 Å². The maximum Gasteiger partial charge on any atom is 0.318 e. The summed E-state index contributed by atoms with van der Waals surface area (Å²) in [5.74, 6) is -0.903. The van der Waals surface area contributed by atoms with Gasteiger partial charge in [0.1, 0.15) is 0 Å². The van der Waals surface area contributed by atoms with Crippen LogP contribution >= 0.6 is 0 Å². The van der Waals surface area contributed by atoms with Gasteiger partial charge in [-0.1, -0.05) is 27.7 Å². The van der Waals surface area contributed by atoms with Gasteiger partial charge in [0.15, 0.2) is 0 Å². The normalized spacial score (nSPS) is 21.4. The molecule has 1 aliphatic rings. The first-order valence-electron chi connectivity index (χ1n) is 7.12. The Morgan fingerprint density at radius 3 is 2.60 bits per heavy atom. The molecule has 20 heavy (non-hydrogen) atoms. The molecule has 0 aromatic carbocycles. The van der Waals surface area contributed by atoms with Crippen LogP contribution in [0.25, 0.3) is 0 Å². The van der Waals surface area contributed by atoms with Crippen molar-refractivity contribution in [3.63, 3.8) is 0 Å². The van der Waals surface area contributed by atoms with Crippen molar-refractivity contribution in [2.24, 2.45) is 5.41 Å². The molecule has 1 saturated heterocycles. The highest BCUT2D eigenvalue weighted by atomic mass is 16.5. The minimum atomic E-state index is -0.903. The number of hydrogen-bond acceptors (Lipinski definition) is 3. The predicted molar refractivity (Wildman–Crippen MR) is 75.6 cm³/mol. The lowest BCUT2D eigenvalue weighted by Gasteiger charge is -2.38. The fourth-order valence-corrected chi connectivity index (χ4v) is 2.24. The van der Waals surface area contributed by atoms with Gasteiger partial charge in [-0.15, -0.1) is 0 Å². The Kier molecular flexibility index (Phi) is 5.80. The summed E-state index contributed by atoms with van der Waals surface area (Å²) in [7, 11) is 0. The number of carboxylic acid groups (broad SMARTS) is 1. The maximum absolute atomic E-state index is 12.4. The van der Waals surface area contributed by atoms with E-state index in [0.717, 1.165) is 6.42 Å². The number of aliphatic carboxylic acids is 1. The Hall–Kier alpha value is -1.30. The molecule has 2 amide bonds. The Morgan fingerprint density at radius 1 is 1.45 bits per heavy atom. The third-order valence-corrected chi connectivity index (χ3v) is 3.68. The smallest absolute Gasteiger partial charge is 0.318 e. The van der Waals surface area contributed by atoms with Gasteiger partial charge in [-0.25, -0.2) is 4.79 Å². The van der Waals surface area contributed by atoms with Crippen LogP contribution in [0.15, 0.2) is 0 Å². The van der Waals surface area contributed by atoms with E-state index >= 15 is 0 Å². The molecule has 0 radical (unpaired) electrons. The summed E-state index contributed by atoms with van der Waals surface area (Å²) < 4.78 is 5.37. The minimum absolute atomic E-state index is 0.0641. The van der Waals surface area contributed by atoms with E-state index in [1.165, 1.54) is 0 Å². The van der Waals surface area contributed by atoms with Gasteiger partial charge in [0.05, 0.1) is 25.7 Å². The summed E-state index contributed by atoms with van der Waals surface area (Å²) in [4.78, 5) is 25.1. The van der Waals surface area contributed by atoms with Crippen LogP contribution in [-0.4, -0.2) is 53.8 Å². The number of rotatable bonds is 4. The van der Waals surface area contributed by atoms with E-state index in [0.29, 0.717) is 19.8 Å². The zero-order valence-electron chi connectivity index (χ0n) is 12.8. The molecule has 6 nitrogen and oxygen atoms in total. The first kappa shape index (κ1) is 16.8. The van der Waals surface area contributed by atoms with Crippen molar-refractivity contribution in [1.82, 2.24) is 10.2 Å². The summed E-state index contributed by atoms with van der Waals surface area (Å²) in [6, 6.07) is -0.525. The monoisotopic (exact) mass is 286 g/mol. The van der Waals surface area contributed by atoms with Crippen molar-refractivity contribution in [2.45, 2.75) is 52.6 Å². The van der Waals surface area contributed by atoms with E-state index in [1.54, 1.807) is 4.90 Å². The van der Waals surface area contributed by atoms with Gasteiger partial charge in [-0.05, 0) is 11.8 Å². The molecule has 2 N–H and O–H groups in total. The molecule has 0 bridgehead atoms. The first-order chi connectivity index (χ1) is 9.25. The Labute approximate surface area is 120 Å². The van der Waals surface area contributed by atoms with Crippen molar-refractivity contribution < 1.29 is 19.4 Å². The number of urea groups is 1. The quantitative estimate of drug-likeness (QED) is 0.824. The van der Waals surface area contributed by atoms with Gasteiger partial charge in [-0.2, -0.15) is 0 Å². The van der Waals surface area contributed by atoms with Crippen LogP contribution in [0.1, 0.15) is 40.5 Å². The second-order valence-corrected chi connectivity index (χ2v) is 6.30. The second kappa shape index (κ2) is 6.92. The highest BCUT2D eigenvalue weighted by Crippen LogP contribution is 2.22. The first-order valence-corrected chi connectivity index (χ1v) is 7.12. The third kappa shape index (κ3) is 4.67. The number of amides is 2. The molecular weight excluding hydrogens is 260 g/mol. The van der Waals surface area contributed by atoms with Crippen LogP contribution in [0.4, 0.5) is 4.79 Å². The lowest BCUT2D eigenvalue weighted by molar-refractivity contribution is -0.138. The van der Waals surface area contributed by atoms with E-state index in [1.807, 2.05) is 27.7 Å². The maximum atomic E-state index is 12.4. The summed E-state index contributed by atoms with van der Waals surface area (Å²) in [5.41, 5.74) is -0.304. The van der Waals surface area contributed by atoms with Crippen LogP contribution in [0.2, 0.25) is 0 Å². The highest BCUT2D eigenvalue weighted by Gasteiger charge is 2.32. The predicted octanol–water partition coefficient (Wildman–Crippen LogP) is 1.70. The van der Waals surface area contributed by atoms with Gasteiger partial charge < -0.3 is 20.1 Å². The van der Waals surface area contributed by atoms with Crippen molar-refractivity contribution in [3.8, 4) is 0 Å². The zero-order valence-corrected chi connectivity index (χ0v) is 12.8. The molecule has 116 valence electrons. The highest BCUT2D eigenvalue weighted by molar-refractivity contribution is 5.76. The van der Waals surface area contributed by atoms with E-state index in [2.05, 4.69) is 5.32 Å². The number of morpholine rings is 1. The molecule has 2 atom stereocenters. The van der Waals surface area contributed by atoms with E-state index in [4.69, 9.17) is 9.84 Å². The topological polar surface area (TPSA) is 78.9 Å². The average Bonchev–Trinajstić information content (AvgIpc) is 2.36. The lowest BCUT2D eigenvalue weighted by atomic mass is 9.85. The van der Waals surface area contributed by atoms with Crippen LogP contribution in [0.3, 0.4) is 0 Å². The summed E-state index contributed by atoms with van der Waals surface area (Å²) in [6.07, 6.45) is 0.753. The van der Waals surface area contributed by atoms with Crippen LogP contribution in [-0.2, 0) is 9.53 Å². The third-order valence-electron chi connectivity index (χ3n) is 3.68. The van der Waals surface area contributed by atoms with Crippen LogP contribution < -0.4 is 5.32 Å². The average molecular weight is 286 g/mol. The van der Waals surface area contributed by atoms with Crippen LogP contribution in [0, 0.1) is 5.41 Å². The SMILES string of the molecule is CCC1COCCN1C(=O)NC(CC(=O)O)C(C)(C)C. The number of nitrogens with one attached hydrogen (secondary N) is 1. The number of carboxylic acids is 1. The molecular formula is C14H26N2O4. The largest absolute Gasteiger partial charge is 0.481 e. The number of nitrogens with zero attached hydrogens (tertiary/aromatic N) is 1. The van der Waals surface area contributed by atoms with Gasteiger partial charge in [0, 0.05) is 12.6 Å². The molecule has 0 aliphatic carbocycles. The number of hydrogen-bond donors (Lipinski definition) is 2. The number of carbonyl (C=O) groups excluding carboxylic acids is 1. The van der Waals surface area contributed by atoms with Crippen molar-refractivity contribution in [3.05, 3.63) is 0 Å². The molecule has 0 aromatic heterocycles. The van der Waals surface area contributed by atoms with Crippen molar-refractivity contribution in [1.29, 1.82) is 0 Å². The molecule has 0 saturated carbocycles. The fourth-order valence-electron chi connectivity index (χ4n) is 2.24. The summed E-state index contributed by atoms with van der Waals surface area (Å²) in [6.45, 7) is 9.42. The molecule has 6 heteroatoms. The molecule has 1 heterocycles. The zero-order chi connectivity index (χ0) is 15.3.